The lowest BCUT2D eigenvalue weighted by atomic mass is 9.96. The number of hydrogen-bond donors (Lipinski definition) is 2. The van der Waals surface area contributed by atoms with Crippen LogP contribution in [0.3, 0.4) is 0 Å². The standard InChI is InChI=1S/C16H23NO4/c1-4-12-5-7-13(8-6-12)11(2)9-15(18)17-10-14(21-3)16(19)20/h5-8,11,14H,4,9-10H2,1-3H3,(H,17,18)(H,19,20). The number of methoxy groups -OCH3 is 1. The van der Waals surface area contributed by atoms with E-state index >= 15 is 0 Å². The number of carboxylic acids is 1. The maximum Gasteiger partial charge on any atom is 0.334 e. The fourth-order valence-corrected chi connectivity index (χ4v) is 2.03. The molecule has 1 amide bonds. The van der Waals surface area contributed by atoms with Crippen LogP contribution in [-0.4, -0.2) is 36.7 Å². The van der Waals surface area contributed by atoms with Gasteiger partial charge >= 0.3 is 5.97 Å². The second kappa shape index (κ2) is 8.42. The number of amides is 1. The molecule has 1 rings (SSSR count). The second-order valence-corrected chi connectivity index (χ2v) is 5.07. The Morgan fingerprint density at radius 3 is 2.38 bits per heavy atom. The molecule has 0 aliphatic carbocycles. The van der Waals surface area contributed by atoms with E-state index < -0.39 is 12.1 Å². The van der Waals surface area contributed by atoms with E-state index in [0.29, 0.717) is 6.42 Å². The Labute approximate surface area is 125 Å². The van der Waals surface area contributed by atoms with Crippen molar-refractivity contribution in [1.82, 2.24) is 5.32 Å². The third-order valence-corrected chi connectivity index (χ3v) is 3.49. The molecule has 0 radical (unpaired) electrons. The number of aliphatic carboxylic acids is 1. The van der Waals surface area contributed by atoms with Gasteiger partial charge in [0, 0.05) is 13.5 Å². The minimum absolute atomic E-state index is 0.0217. The second-order valence-electron chi connectivity index (χ2n) is 5.07. The van der Waals surface area contributed by atoms with E-state index in [1.165, 1.54) is 12.7 Å². The van der Waals surface area contributed by atoms with Crippen molar-refractivity contribution >= 4 is 11.9 Å². The van der Waals surface area contributed by atoms with E-state index in [4.69, 9.17) is 9.84 Å². The van der Waals surface area contributed by atoms with Gasteiger partial charge in [-0.15, -0.1) is 0 Å². The zero-order valence-corrected chi connectivity index (χ0v) is 12.8. The first-order chi connectivity index (χ1) is 9.97. The molecule has 0 heterocycles. The fraction of sp³-hybridized carbons (Fsp3) is 0.500. The molecule has 0 bridgehead atoms. The van der Waals surface area contributed by atoms with Crippen molar-refractivity contribution in [2.45, 2.75) is 38.7 Å². The number of carbonyl (C=O) groups excluding carboxylic acids is 1. The van der Waals surface area contributed by atoms with E-state index in [-0.39, 0.29) is 18.4 Å². The summed E-state index contributed by atoms with van der Waals surface area (Å²) in [6.07, 6.45) is 0.303. The summed E-state index contributed by atoms with van der Waals surface area (Å²) in [5.41, 5.74) is 2.36. The molecule has 116 valence electrons. The Morgan fingerprint density at radius 2 is 1.90 bits per heavy atom. The molecule has 2 N–H and O–H groups in total. The molecule has 5 nitrogen and oxygen atoms in total. The summed E-state index contributed by atoms with van der Waals surface area (Å²) < 4.78 is 4.76. The Bertz CT molecular complexity index is 470. The van der Waals surface area contributed by atoms with Crippen LogP contribution in [0.5, 0.6) is 0 Å². The van der Waals surface area contributed by atoms with E-state index in [1.54, 1.807) is 0 Å². The predicted molar refractivity (Wildman–Crippen MR) is 80.3 cm³/mol. The highest BCUT2D eigenvalue weighted by molar-refractivity contribution is 5.78. The van der Waals surface area contributed by atoms with Crippen LogP contribution in [0, 0.1) is 0 Å². The van der Waals surface area contributed by atoms with Crippen LogP contribution in [0.4, 0.5) is 0 Å². The predicted octanol–water partition coefficient (Wildman–Crippen LogP) is 1.96. The largest absolute Gasteiger partial charge is 0.479 e. The third-order valence-electron chi connectivity index (χ3n) is 3.49. The summed E-state index contributed by atoms with van der Waals surface area (Å²) in [5.74, 6) is -1.17. The minimum atomic E-state index is -1.08. The molecular formula is C16H23NO4. The first kappa shape index (κ1) is 17.2. The van der Waals surface area contributed by atoms with Crippen LogP contribution in [0.15, 0.2) is 24.3 Å². The number of nitrogens with one attached hydrogen (secondary N) is 1. The number of hydrogen-bond acceptors (Lipinski definition) is 3. The average Bonchev–Trinajstić information content (AvgIpc) is 2.47. The fourth-order valence-electron chi connectivity index (χ4n) is 2.03. The van der Waals surface area contributed by atoms with Gasteiger partial charge < -0.3 is 15.2 Å². The lowest BCUT2D eigenvalue weighted by Crippen LogP contribution is -2.38. The molecule has 0 aliphatic heterocycles. The quantitative estimate of drug-likeness (QED) is 0.768. The Hall–Kier alpha value is -1.88. The molecule has 0 saturated heterocycles. The number of carbonyl (C=O) groups is 2. The average molecular weight is 293 g/mol. The molecule has 5 heteroatoms. The maximum atomic E-state index is 11.8. The third kappa shape index (κ3) is 5.55. The smallest absolute Gasteiger partial charge is 0.334 e. The van der Waals surface area contributed by atoms with Crippen LogP contribution in [0.1, 0.15) is 37.3 Å². The Kier molecular flexibility index (Phi) is 6.88. The molecule has 0 fully saturated rings. The molecule has 2 unspecified atom stereocenters. The summed E-state index contributed by atoms with van der Waals surface area (Å²) in [5, 5.41) is 11.4. The summed E-state index contributed by atoms with van der Waals surface area (Å²) in [4.78, 5) is 22.6. The normalized spacial score (nSPS) is 13.5. The van der Waals surface area contributed by atoms with Gasteiger partial charge in [0.2, 0.25) is 5.91 Å². The van der Waals surface area contributed by atoms with Gasteiger partial charge in [-0.05, 0) is 23.5 Å². The summed E-state index contributed by atoms with van der Waals surface area (Å²) >= 11 is 0. The van der Waals surface area contributed by atoms with Crippen molar-refractivity contribution in [1.29, 1.82) is 0 Å². The number of rotatable bonds is 8. The first-order valence-corrected chi connectivity index (χ1v) is 7.09. The molecule has 1 aromatic rings. The van der Waals surface area contributed by atoms with Crippen molar-refractivity contribution in [3.8, 4) is 0 Å². The maximum absolute atomic E-state index is 11.8. The van der Waals surface area contributed by atoms with Gasteiger partial charge in [-0.25, -0.2) is 4.79 Å². The monoisotopic (exact) mass is 293 g/mol. The van der Waals surface area contributed by atoms with Crippen molar-refractivity contribution in [2.24, 2.45) is 0 Å². The van der Waals surface area contributed by atoms with Gasteiger partial charge in [-0.3, -0.25) is 4.79 Å². The Morgan fingerprint density at radius 1 is 1.29 bits per heavy atom. The number of carboxylic acid groups (broad SMARTS) is 1. The van der Waals surface area contributed by atoms with Gasteiger partial charge in [0.25, 0.3) is 0 Å². The van der Waals surface area contributed by atoms with Crippen molar-refractivity contribution in [2.75, 3.05) is 13.7 Å². The van der Waals surface area contributed by atoms with E-state index in [9.17, 15) is 9.59 Å². The minimum Gasteiger partial charge on any atom is -0.479 e. The lowest BCUT2D eigenvalue weighted by Gasteiger charge is -2.14. The van der Waals surface area contributed by atoms with Crippen LogP contribution in [0.25, 0.3) is 0 Å². The van der Waals surface area contributed by atoms with E-state index in [2.05, 4.69) is 24.4 Å². The van der Waals surface area contributed by atoms with Gasteiger partial charge in [0.05, 0.1) is 6.54 Å². The summed E-state index contributed by atoms with van der Waals surface area (Å²) in [6, 6.07) is 8.20. The number of aryl methyl sites for hydroxylation is 1. The van der Waals surface area contributed by atoms with Gasteiger partial charge in [0.1, 0.15) is 0 Å². The zero-order valence-electron chi connectivity index (χ0n) is 12.8. The van der Waals surface area contributed by atoms with Gasteiger partial charge in [0.15, 0.2) is 6.10 Å². The van der Waals surface area contributed by atoms with E-state index in [0.717, 1.165) is 12.0 Å². The number of benzene rings is 1. The molecule has 21 heavy (non-hydrogen) atoms. The molecule has 2 atom stereocenters. The van der Waals surface area contributed by atoms with Crippen LogP contribution in [0.2, 0.25) is 0 Å². The highest BCUT2D eigenvalue weighted by atomic mass is 16.5. The molecule has 0 saturated carbocycles. The first-order valence-electron chi connectivity index (χ1n) is 7.09. The highest BCUT2D eigenvalue weighted by Gasteiger charge is 2.18. The summed E-state index contributed by atoms with van der Waals surface area (Å²) in [7, 11) is 1.31. The van der Waals surface area contributed by atoms with Crippen LogP contribution in [-0.2, 0) is 20.7 Å². The Balaban J connectivity index is 2.47. The molecule has 0 spiro atoms. The molecule has 0 aromatic heterocycles. The highest BCUT2D eigenvalue weighted by Crippen LogP contribution is 2.19. The van der Waals surface area contributed by atoms with Crippen LogP contribution < -0.4 is 5.32 Å². The van der Waals surface area contributed by atoms with Crippen molar-refractivity contribution in [3.05, 3.63) is 35.4 Å². The molecule has 1 aromatic carbocycles. The topological polar surface area (TPSA) is 75.6 Å². The number of ether oxygens (including phenoxy) is 1. The van der Waals surface area contributed by atoms with Gasteiger partial charge in [-0.2, -0.15) is 0 Å². The van der Waals surface area contributed by atoms with E-state index in [1.807, 2.05) is 19.1 Å². The molecular weight excluding hydrogens is 270 g/mol. The summed E-state index contributed by atoms with van der Waals surface area (Å²) in [6.45, 7) is 4.05. The van der Waals surface area contributed by atoms with Crippen molar-refractivity contribution in [3.63, 3.8) is 0 Å². The lowest BCUT2D eigenvalue weighted by molar-refractivity contribution is -0.148. The van der Waals surface area contributed by atoms with Crippen molar-refractivity contribution < 1.29 is 19.4 Å². The van der Waals surface area contributed by atoms with Crippen LogP contribution >= 0.6 is 0 Å². The SMILES string of the molecule is CCc1ccc(C(C)CC(=O)NCC(OC)C(=O)O)cc1. The zero-order chi connectivity index (χ0) is 15.8. The van der Waals surface area contributed by atoms with Gasteiger partial charge in [-0.1, -0.05) is 38.1 Å². The molecule has 0 aliphatic rings.